The van der Waals surface area contributed by atoms with Crippen LogP contribution in [-0.4, -0.2) is 32.4 Å². The number of methoxy groups -OCH3 is 2. The van der Waals surface area contributed by atoms with Crippen LogP contribution < -0.4 is 14.8 Å². The molecular formula is C15H20N2O3S. The van der Waals surface area contributed by atoms with Crippen molar-refractivity contribution in [3.8, 4) is 11.5 Å². The van der Waals surface area contributed by atoms with Gasteiger partial charge in [0.25, 0.3) is 0 Å². The lowest BCUT2D eigenvalue weighted by atomic mass is 10.2. The summed E-state index contributed by atoms with van der Waals surface area (Å²) in [4.78, 5) is 4.22. The first-order chi connectivity index (χ1) is 10.3. The monoisotopic (exact) mass is 308 g/mol. The van der Waals surface area contributed by atoms with Crippen molar-refractivity contribution in [3.63, 3.8) is 0 Å². The topological polar surface area (TPSA) is 52.6 Å². The van der Waals surface area contributed by atoms with Crippen LogP contribution in [0.5, 0.6) is 11.5 Å². The van der Waals surface area contributed by atoms with E-state index in [1.165, 1.54) is 0 Å². The zero-order valence-electron chi connectivity index (χ0n) is 12.3. The number of aromatic nitrogens is 1. The molecule has 5 nitrogen and oxygen atoms in total. The molecule has 6 heteroatoms. The molecule has 0 amide bonds. The lowest BCUT2D eigenvalue weighted by molar-refractivity contribution is 0.199. The first-order valence-corrected chi connectivity index (χ1v) is 7.64. The molecule has 0 aliphatic heterocycles. The Bertz CT molecular complexity index is 532. The van der Waals surface area contributed by atoms with Crippen LogP contribution in [0, 0.1) is 0 Å². The third kappa shape index (κ3) is 5.00. The van der Waals surface area contributed by atoms with E-state index in [0.717, 1.165) is 29.3 Å². The zero-order chi connectivity index (χ0) is 14.9. The van der Waals surface area contributed by atoms with Gasteiger partial charge in [0.2, 0.25) is 0 Å². The molecule has 0 bridgehead atoms. The molecule has 0 atom stereocenters. The van der Waals surface area contributed by atoms with Crippen LogP contribution in [-0.2, 0) is 17.9 Å². The minimum Gasteiger partial charge on any atom is -0.497 e. The number of nitrogens with one attached hydrogen (secondary N) is 1. The van der Waals surface area contributed by atoms with Gasteiger partial charge in [0.05, 0.1) is 24.9 Å². The van der Waals surface area contributed by atoms with E-state index >= 15 is 0 Å². The van der Waals surface area contributed by atoms with E-state index in [-0.39, 0.29) is 0 Å². The maximum Gasteiger partial charge on any atom is 0.131 e. The number of hydrogen-bond acceptors (Lipinski definition) is 6. The maximum absolute atomic E-state index is 5.86. The Morgan fingerprint density at radius 1 is 1.29 bits per heavy atom. The Morgan fingerprint density at radius 2 is 2.19 bits per heavy atom. The molecule has 21 heavy (non-hydrogen) atoms. The predicted octanol–water partition coefficient (Wildman–Crippen LogP) is 2.47. The molecular weight excluding hydrogens is 288 g/mol. The van der Waals surface area contributed by atoms with E-state index in [1.54, 1.807) is 31.1 Å². The van der Waals surface area contributed by atoms with Crippen molar-refractivity contribution in [3.05, 3.63) is 40.3 Å². The van der Waals surface area contributed by atoms with Gasteiger partial charge in [-0.1, -0.05) is 0 Å². The van der Waals surface area contributed by atoms with Gasteiger partial charge in [0.1, 0.15) is 18.1 Å². The molecule has 0 unspecified atom stereocenters. The van der Waals surface area contributed by atoms with Crippen LogP contribution in [0.15, 0.2) is 29.1 Å². The molecule has 114 valence electrons. The molecule has 0 fully saturated rings. The molecule has 1 heterocycles. The summed E-state index contributed by atoms with van der Waals surface area (Å²) in [5, 5.41) is 5.30. The summed E-state index contributed by atoms with van der Waals surface area (Å²) in [5.74, 6) is 1.66. The van der Waals surface area contributed by atoms with Crippen molar-refractivity contribution in [2.24, 2.45) is 0 Å². The van der Waals surface area contributed by atoms with Crippen LogP contribution in [0.3, 0.4) is 0 Å². The molecule has 2 rings (SSSR count). The van der Waals surface area contributed by atoms with E-state index in [9.17, 15) is 0 Å². The highest BCUT2D eigenvalue weighted by Gasteiger charge is 2.07. The average Bonchev–Trinajstić information content (AvgIpc) is 3.03. The molecule has 1 N–H and O–H groups in total. The molecule has 1 aromatic carbocycles. The standard InChI is InChI=1S/C15H20N2O3S/c1-18-6-5-16-8-12-7-14(19-2)3-4-15(12)20-9-13-10-21-11-17-13/h3-4,7,10-11,16H,5-6,8-9H2,1-2H3. The number of rotatable bonds is 9. The lowest BCUT2D eigenvalue weighted by Gasteiger charge is -2.13. The molecule has 0 aliphatic carbocycles. The van der Waals surface area contributed by atoms with Crippen molar-refractivity contribution in [1.82, 2.24) is 10.3 Å². The van der Waals surface area contributed by atoms with E-state index < -0.39 is 0 Å². The van der Waals surface area contributed by atoms with Gasteiger partial charge in [-0.3, -0.25) is 0 Å². The Balaban J connectivity index is 1.99. The molecule has 0 spiro atoms. The number of hydrogen-bond donors (Lipinski definition) is 1. The summed E-state index contributed by atoms with van der Waals surface area (Å²) in [6.07, 6.45) is 0. The summed E-state index contributed by atoms with van der Waals surface area (Å²) >= 11 is 1.57. The summed E-state index contributed by atoms with van der Waals surface area (Å²) < 4.78 is 16.2. The van der Waals surface area contributed by atoms with Gasteiger partial charge in [-0.05, 0) is 18.2 Å². The fraction of sp³-hybridized carbons (Fsp3) is 0.400. The van der Waals surface area contributed by atoms with Gasteiger partial charge >= 0.3 is 0 Å². The van der Waals surface area contributed by atoms with Crippen LogP contribution in [0.2, 0.25) is 0 Å². The van der Waals surface area contributed by atoms with Gasteiger partial charge in [0, 0.05) is 31.1 Å². The second-order valence-electron chi connectivity index (χ2n) is 4.41. The summed E-state index contributed by atoms with van der Waals surface area (Å²) in [6.45, 7) is 2.64. The van der Waals surface area contributed by atoms with E-state index in [4.69, 9.17) is 14.2 Å². The normalized spacial score (nSPS) is 10.6. The third-order valence-electron chi connectivity index (χ3n) is 2.93. The summed E-state index contributed by atoms with van der Waals surface area (Å²) in [5.41, 5.74) is 3.80. The quantitative estimate of drug-likeness (QED) is 0.721. The maximum atomic E-state index is 5.86. The van der Waals surface area contributed by atoms with Gasteiger partial charge < -0.3 is 19.5 Å². The van der Waals surface area contributed by atoms with Crippen LogP contribution in [0.4, 0.5) is 0 Å². The summed E-state index contributed by atoms with van der Waals surface area (Å²) in [6, 6.07) is 5.81. The van der Waals surface area contributed by atoms with Crippen molar-refractivity contribution in [1.29, 1.82) is 0 Å². The molecule has 1 aromatic heterocycles. The summed E-state index contributed by atoms with van der Waals surface area (Å²) in [7, 11) is 3.35. The molecule has 0 saturated heterocycles. The first-order valence-electron chi connectivity index (χ1n) is 6.70. The smallest absolute Gasteiger partial charge is 0.131 e. The highest BCUT2D eigenvalue weighted by molar-refractivity contribution is 7.07. The Labute approximate surface area is 128 Å². The highest BCUT2D eigenvalue weighted by atomic mass is 32.1. The minimum absolute atomic E-state index is 0.473. The second-order valence-corrected chi connectivity index (χ2v) is 5.13. The fourth-order valence-corrected chi connectivity index (χ4v) is 2.36. The van der Waals surface area contributed by atoms with Crippen LogP contribution >= 0.6 is 11.3 Å². The van der Waals surface area contributed by atoms with Gasteiger partial charge in [-0.2, -0.15) is 0 Å². The largest absolute Gasteiger partial charge is 0.497 e. The van der Waals surface area contributed by atoms with Crippen LogP contribution in [0.25, 0.3) is 0 Å². The molecule has 0 aliphatic rings. The van der Waals surface area contributed by atoms with Gasteiger partial charge in [0.15, 0.2) is 0 Å². The number of nitrogens with zero attached hydrogens (tertiary/aromatic N) is 1. The number of thiazole rings is 1. The highest BCUT2D eigenvalue weighted by Crippen LogP contribution is 2.25. The molecule has 0 radical (unpaired) electrons. The van der Waals surface area contributed by atoms with Crippen molar-refractivity contribution in [2.45, 2.75) is 13.2 Å². The second kappa shape index (κ2) is 8.61. The average molecular weight is 308 g/mol. The van der Waals surface area contributed by atoms with Gasteiger partial charge in [-0.15, -0.1) is 11.3 Å². The van der Waals surface area contributed by atoms with Crippen LogP contribution in [0.1, 0.15) is 11.3 Å². The van der Waals surface area contributed by atoms with E-state index in [0.29, 0.717) is 19.8 Å². The number of benzene rings is 1. The fourth-order valence-electron chi connectivity index (χ4n) is 1.82. The molecule has 2 aromatic rings. The van der Waals surface area contributed by atoms with Crippen molar-refractivity contribution < 1.29 is 14.2 Å². The van der Waals surface area contributed by atoms with E-state index in [1.807, 2.05) is 23.6 Å². The van der Waals surface area contributed by atoms with Gasteiger partial charge in [-0.25, -0.2) is 4.98 Å². The Kier molecular flexibility index (Phi) is 6.46. The lowest BCUT2D eigenvalue weighted by Crippen LogP contribution is -2.19. The predicted molar refractivity (Wildman–Crippen MR) is 83.0 cm³/mol. The Hall–Kier alpha value is -1.63. The molecule has 0 saturated carbocycles. The Morgan fingerprint density at radius 3 is 2.90 bits per heavy atom. The first kappa shape index (κ1) is 15.8. The van der Waals surface area contributed by atoms with Crippen molar-refractivity contribution in [2.75, 3.05) is 27.4 Å². The third-order valence-corrected chi connectivity index (χ3v) is 3.56. The minimum atomic E-state index is 0.473. The zero-order valence-corrected chi connectivity index (χ0v) is 13.1. The van der Waals surface area contributed by atoms with E-state index in [2.05, 4.69) is 10.3 Å². The SMILES string of the molecule is COCCNCc1cc(OC)ccc1OCc1cscn1. The van der Waals surface area contributed by atoms with Crippen molar-refractivity contribution >= 4 is 11.3 Å². The number of ether oxygens (including phenoxy) is 3.